The van der Waals surface area contributed by atoms with E-state index in [0.29, 0.717) is 13.1 Å². The number of nitrogens with zero attached hydrogens (tertiary/aromatic N) is 5. The smallest absolute Gasteiger partial charge is 0.254 e. The van der Waals surface area contributed by atoms with E-state index < -0.39 is 0 Å². The molecule has 0 unspecified atom stereocenters. The largest absolute Gasteiger partial charge is 0.347 e. The molecule has 0 saturated heterocycles. The molecule has 1 aliphatic carbocycles. The quantitative estimate of drug-likeness (QED) is 0.471. The maximum atomic E-state index is 13.6. The van der Waals surface area contributed by atoms with Crippen LogP contribution in [0, 0.1) is 5.92 Å². The van der Waals surface area contributed by atoms with Crippen LogP contribution in [-0.2, 0) is 33.1 Å². The van der Waals surface area contributed by atoms with E-state index in [1.54, 1.807) is 0 Å². The van der Waals surface area contributed by atoms with Crippen molar-refractivity contribution < 1.29 is 4.79 Å². The lowest BCUT2D eigenvalue weighted by Crippen LogP contribution is -2.26. The summed E-state index contributed by atoms with van der Waals surface area (Å²) in [7, 11) is 1.94. The molecule has 0 radical (unpaired) electrons. The van der Waals surface area contributed by atoms with E-state index in [9.17, 15) is 4.79 Å². The summed E-state index contributed by atoms with van der Waals surface area (Å²) in [6.45, 7) is 4.43. The van der Waals surface area contributed by atoms with Crippen molar-refractivity contribution in [1.29, 1.82) is 0 Å². The van der Waals surface area contributed by atoms with Gasteiger partial charge in [-0.25, -0.2) is 0 Å². The number of hydrogen-bond donors (Lipinski definition) is 0. The van der Waals surface area contributed by atoms with E-state index in [1.807, 2.05) is 35.2 Å². The van der Waals surface area contributed by atoms with Crippen LogP contribution in [0.5, 0.6) is 0 Å². The minimum Gasteiger partial charge on any atom is -0.347 e. The first kappa shape index (κ1) is 19.3. The normalized spacial score (nSPS) is 15.5. The number of benzene rings is 1. The Bertz CT molecular complexity index is 1340. The number of fused-ring (bicyclic) bond motifs is 2. The van der Waals surface area contributed by atoms with Gasteiger partial charge in [-0.15, -0.1) is 0 Å². The fraction of sp³-hybridized carbons (Fsp3) is 0.346. The second-order valence-electron chi connectivity index (χ2n) is 9.16. The number of carbonyl (C=O) groups excluding carboxylic acids is 1. The highest BCUT2D eigenvalue weighted by Gasteiger charge is 2.28. The number of rotatable bonds is 5. The zero-order chi connectivity index (χ0) is 21.8. The van der Waals surface area contributed by atoms with Gasteiger partial charge in [-0.2, -0.15) is 5.10 Å². The van der Waals surface area contributed by atoms with Crippen LogP contribution in [0.1, 0.15) is 46.9 Å². The second kappa shape index (κ2) is 7.33. The summed E-state index contributed by atoms with van der Waals surface area (Å²) in [5.41, 5.74) is 7.70. The van der Waals surface area contributed by atoms with Gasteiger partial charge in [-0.1, -0.05) is 6.92 Å². The Labute approximate surface area is 187 Å². The molecule has 162 valence electrons. The van der Waals surface area contributed by atoms with Crippen molar-refractivity contribution in [2.24, 2.45) is 13.0 Å². The Hall–Kier alpha value is -3.41. The van der Waals surface area contributed by atoms with Crippen molar-refractivity contribution in [2.45, 2.75) is 45.8 Å². The predicted molar refractivity (Wildman–Crippen MR) is 124 cm³/mol. The Morgan fingerprint density at radius 3 is 2.78 bits per heavy atom. The summed E-state index contributed by atoms with van der Waals surface area (Å²) < 4.78 is 4.25. The van der Waals surface area contributed by atoms with Gasteiger partial charge < -0.3 is 9.47 Å². The zero-order valence-corrected chi connectivity index (χ0v) is 18.6. The molecular formula is C26H27N5O. The van der Waals surface area contributed by atoms with Gasteiger partial charge in [0.15, 0.2) is 0 Å². The summed E-state index contributed by atoms with van der Waals surface area (Å²) in [5, 5.41) is 5.44. The third-order valence-electron chi connectivity index (χ3n) is 6.98. The van der Waals surface area contributed by atoms with Crippen LogP contribution < -0.4 is 0 Å². The Balaban J connectivity index is 1.46. The van der Waals surface area contributed by atoms with Gasteiger partial charge in [0.25, 0.3) is 5.91 Å². The number of amides is 1. The van der Waals surface area contributed by atoms with Crippen LogP contribution in [0.3, 0.4) is 0 Å². The van der Waals surface area contributed by atoms with Gasteiger partial charge in [0.2, 0.25) is 0 Å². The van der Waals surface area contributed by atoms with Crippen LogP contribution in [0.15, 0.2) is 49.1 Å². The van der Waals surface area contributed by atoms with Crippen LogP contribution in [-0.4, -0.2) is 30.1 Å². The van der Waals surface area contributed by atoms with E-state index in [0.717, 1.165) is 52.2 Å². The first-order valence-electron chi connectivity index (χ1n) is 11.5. The number of aromatic nitrogens is 4. The Morgan fingerprint density at radius 1 is 1.12 bits per heavy atom. The molecule has 4 aromatic rings. The Morgan fingerprint density at radius 2 is 2.00 bits per heavy atom. The maximum Gasteiger partial charge on any atom is 0.254 e. The number of pyridine rings is 1. The van der Waals surface area contributed by atoms with Crippen molar-refractivity contribution in [2.75, 3.05) is 0 Å². The van der Waals surface area contributed by atoms with E-state index >= 15 is 0 Å². The van der Waals surface area contributed by atoms with Gasteiger partial charge in [0, 0.05) is 66.4 Å². The molecule has 6 heteroatoms. The van der Waals surface area contributed by atoms with Crippen molar-refractivity contribution in [3.05, 3.63) is 71.4 Å². The molecule has 1 saturated carbocycles. The van der Waals surface area contributed by atoms with Gasteiger partial charge in [0.05, 0.1) is 24.0 Å². The molecule has 0 spiro atoms. The van der Waals surface area contributed by atoms with Crippen LogP contribution in [0.25, 0.3) is 22.0 Å². The third-order valence-corrected chi connectivity index (χ3v) is 6.98. The van der Waals surface area contributed by atoms with E-state index in [2.05, 4.69) is 52.0 Å². The van der Waals surface area contributed by atoms with Crippen molar-refractivity contribution in [3.8, 4) is 11.1 Å². The first-order valence-corrected chi connectivity index (χ1v) is 11.5. The van der Waals surface area contributed by atoms with Gasteiger partial charge in [0.1, 0.15) is 0 Å². The fourth-order valence-corrected chi connectivity index (χ4v) is 5.00. The summed E-state index contributed by atoms with van der Waals surface area (Å²) in [6, 6.07) is 8.40. The average molecular weight is 426 g/mol. The molecule has 1 fully saturated rings. The van der Waals surface area contributed by atoms with Crippen LogP contribution in [0.4, 0.5) is 0 Å². The topological polar surface area (TPSA) is 56.0 Å². The number of aryl methyl sites for hydroxylation is 2. The summed E-state index contributed by atoms with van der Waals surface area (Å²) in [6.07, 6.45) is 11.4. The van der Waals surface area contributed by atoms with Gasteiger partial charge >= 0.3 is 0 Å². The van der Waals surface area contributed by atoms with Crippen molar-refractivity contribution in [1.82, 2.24) is 24.2 Å². The van der Waals surface area contributed by atoms with Crippen molar-refractivity contribution >= 4 is 16.8 Å². The molecule has 32 heavy (non-hydrogen) atoms. The first-order chi connectivity index (χ1) is 15.6. The van der Waals surface area contributed by atoms with E-state index in [4.69, 9.17) is 0 Å². The Kier molecular flexibility index (Phi) is 4.42. The van der Waals surface area contributed by atoms with Gasteiger partial charge in [-0.3, -0.25) is 14.5 Å². The molecule has 0 bridgehead atoms. The molecule has 0 N–H and O–H groups in total. The summed E-state index contributed by atoms with van der Waals surface area (Å²) in [4.78, 5) is 19.9. The SMILES string of the molecule is CCc1ccncc1-c1cc(C(=O)N2Cc3cnn(C)c3C2)cc2ccn(CC3CC3)c12. The molecule has 4 heterocycles. The minimum atomic E-state index is 0.0706. The molecule has 1 aromatic carbocycles. The van der Waals surface area contributed by atoms with Crippen LogP contribution in [0.2, 0.25) is 0 Å². The molecule has 1 amide bonds. The zero-order valence-electron chi connectivity index (χ0n) is 18.6. The molecule has 3 aromatic heterocycles. The number of carbonyl (C=O) groups is 1. The molecule has 0 atom stereocenters. The van der Waals surface area contributed by atoms with Crippen LogP contribution >= 0.6 is 0 Å². The molecular weight excluding hydrogens is 398 g/mol. The fourth-order valence-electron chi connectivity index (χ4n) is 5.00. The van der Waals surface area contributed by atoms with E-state index in [1.165, 1.54) is 23.9 Å². The highest BCUT2D eigenvalue weighted by atomic mass is 16.2. The van der Waals surface area contributed by atoms with Gasteiger partial charge in [-0.05, 0) is 55.0 Å². The molecule has 6 rings (SSSR count). The monoisotopic (exact) mass is 425 g/mol. The third kappa shape index (κ3) is 3.13. The summed E-state index contributed by atoms with van der Waals surface area (Å²) in [5.74, 6) is 0.845. The molecule has 2 aliphatic rings. The summed E-state index contributed by atoms with van der Waals surface area (Å²) >= 11 is 0. The molecule has 1 aliphatic heterocycles. The number of hydrogen-bond acceptors (Lipinski definition) is 3. The lowest BCUT2D eigenvalue weighted by atomic mass is 9.96. The van der Waals surface area contributed by atoms with E-state index in [-0.39, 0.29) is 5.91 Å². The van der Waals surface area contributed by atoms with Crippen molar-refractivity contribution in [3.63, 3.8) is 0 Å². The predicted octanol–water partition coefficient (Wildman–Crippen LogP) is 4.57. The average Bonchev–Trinajstić information content (AvgIpc) is 3.23. The highest BCUT2D eigenvalue weighted by molar-refractivity contribution is 6.04. The lowest BCUT2D eigenvalue weighted by Gasteiger charge is -2.18. The maximum absolute atomic E-state index is 13.6. The minimum absolute atomic E-state index is 0.0706. The highest BCUT2D eigenvalue weighted by Crippen LogP contribution is 2.37. The standard InChI is InChI=1S/C26H27N5O/c1-3-18-6-8-27-13-23(18)22-11-20(10-19-7-9-30(25(19)22)14-17-4-5-17)26(32)31-15-21-12-28-29(2)24(21)16-31/h6-13,17H,3-5,14-16H2,1-2H3. The second-order valence-corrected chi connectivity index (χ2v) is 9.16. The molecule has 6 nitrogen and oxygen atoms in total. The lowest BCUT2D eigenvalue weighted by molar-refractivity contribution is 0.0748.